The van der Waals surface area contributed by atoms with Crippen LogP contribution in [0.4, 0.5) is 0 Å². The van der Waals surface area contributed by atoms with E-state index in [0.717, 1.165) is 5.69 Å². The van der Waals surface area contributed by atoms with Gasteiger partial charge in [-0.3, -0.25) is 24.4 Å². The molecule has 0 radical (unpaired) electrons. The molecule has 1 atom stereocenters. The lowest BCUT2D eigenvalue weighted by atomic mass is 10.1. The lowest BCUT2D eigenvalue weighted by molar-refractivity contribution is -0.134. The second-order valence-corrected chi connectivity index (χ2v) is 5.40. The van der Waals surface area contributed by atoms with Crippen LogP contribution in [0.3, 0.4) is 0 Å². The summed E-state index contributed by atoms with van der Waals surface area (Å²) in [6.07, 6.45) is 0.564. The zero-order chi connectivity index (χ0) is 15.6. The number of hydrogen-bond acceptors (Lipinski definition) is 4. The van der Waals surface area contributed by atoms with Gasteiger partial charge in [-0.25, -0.2) is 0 Å². The molecule has 0 bridgehead atoms. The molecular formula is C14H20N4O3. The monoisotopic (exact) mass is 292 g/mol. The third-order valence-electron chi connectivity index (χ3n) is 3.47. The molecule has 21 heavy (non-hydrogen) atoms. The summed E-state index contributed by atoms with van der Waals surface area (Å²) in [5.41, 5.74) is 1.27. The fourth-order valence-corrected chi connectivity index (χ4v) is 2.21. The maximum absolute atomic E-state index is 12.3. The normalized spacial score (nSPS) is 18.8. The van der Waals surface area contributed by atoms with Crippen LogP contribution in [0.5, 0.6) is 0 Å². The van der Waals surface area contributed by atoms with Crippen LogP contribution >= 0.6 is 0 Å². The van der Waals surface area contributed by atoms with Crippen LogP contribution in [-0.4, -0.2) is 33.5 Å². The molecule has 1 aromatic heterocycles. The summed E-state index contributed by atoms with van der Waals surface area (Å²) in [5, 5.41) is 9.27. The van der Waals surface area contributed by atoms with Crippen molar-refractivity contribution in [3.05, 3.63) is 17.5 Å². The van der Waals surface area contributed by atoms with E-state index in [0.29, 0.717) is 18.7 Å². The molecular weight excluding hydrogens is 272 g/mol. The standard InChI is InChI=1S/C14H20N4O3/c1-4-18-11(7-10(17-18)8(2)3)14(21)15-9-5-6-12(19)16-13(9)20/h7-9H,4-6H2,1-3H3,(H,15,21)(H,16,19,20). The van der Waals surface area contributed by atoms with E-state index in [2.05, 4.69) is 15.7 Å². The van der Waals surface area contributed by atoms with E-state index in [1.807, 2.05) is 20.8 Å². The Kier molecular flexibility index (Phi) is 4.40. The van der Waals surface area contributed by atoms with Gasteiger partial charge in [0.2, 0.25) is 11.8 Å². The number of amides is 3. The first kappa shape index (κ1) is 15.2. The summed E-state index contributed by atoms with van der Waals surface area (Å²) < 4.78 is 1.62. The van der Waals surface area contributed by atoms with Gasteiger partial charge in [0.1, 0.15) is 11.7 Å². The minimum atomic E-state index is -0.669. The van der Waals surface area contributed by atoms with E-state index in [-0.39, 0.29) is 24.2 Å². The van der Waals surface area contributed by atoms with Crippen molar-refractivity contribution in [2.45, 2.75) is 52.1 Å². The van der Waals surface area contributed by atoms with Gasteiger partial charge in [-0.2, -0.15) is 5.10 Å². The first-order chi connectivity index (χ1) is 9.92. The molecule has 0 aromatic carbocycles. The molecule has 2 heterocycles. The Morgan fingerprint density at radius 3 is 2.81 bits per heavy atom. The van der Waals surface area contributed by atoms with Crippen LogP contribution in [0.2, 0.25) is 0 Å². The molecule has 3 amide bonds. The predicted octanol–water partition coefficient (Wildman–Crippen LogP) is 0.561. The molecule has 0 spiro atoms. The summed E-state index contributed by atoms with van der Waals surface area (Å²) in [6.45, 7) is 6.49. The molecule has 2 rings (SSSR count). The van der Waals surface area contributed by atoms with Gasteiger partial charge in [0.05, 0.1) is 5.69 Å². The molecule has 1 saturated heterocycles. The van der Waals surface area contributed by atoms with Gasteiger partial charge >= 0.3 is 0 Å². The molecule has 1 unspecified atom stereocenters. The Labute approximate surface area is 123 Å². The van der Waals surface area contributed by atoms with Crippen molar-refractivity contribution < 1.29 is 14.4 Å². The van der Waals surface area contributed by atoms with Crippen LogP contribution in [0.1, 0.15) is 55.7 Å². The summed E-state index contributed by atoms with van der Waals surface area (Å²) in [6, 6.07) is 1.08. The number of carbonyl (C=O) groups excluding carboxylic acids is 3. The number of aryl methyl sites for hydroxylation is 1. The Bertz CT molecular complexity index is 577. The summed E-state index contributed by atoms with van der Waals surface area (Å²) in [5.74, 6) is -0.872. The van der Waals surface area contributed by atoms with Crippen molar-refractivity contribution in [3.8, 4) is 0 Å². The smallest absolute Gasteiger partial charge is 0.270 e. The maximum atomic E-state index is 12.3. The van der Waals surface area contributed by atoms with Crippen molar-refractivity contribution in [2.75, 3.05) is 0 Å². The second kappa shape index (κ2) is 6.07. The summed E-state index contributed by atoms with van der Waals surface area (Å²) in [7, 11) is 0. The van der Waals surface area contributed by atoms with Crippen LogP contribution < -0.4 is 10.6 Å². The highest BCUT2D eigenvalue weighted by Crippen LogP contribution is 2.15. The lowest BCUT2D eigenvalue weighted by Crippen LogP contribution is -2.52. The third kappa shape index (κ3) is 3.29. The van der Waals surface area contributed by atoms with E-state index in [9.17, 15) is 14.4 Å². The maximum Gasteiger partial charge on any atom is 0.270 e. The fourth-order valence-electron chi connectivity index (χ4n) is 2.21. The van der Waals surface area contributed by atoms with Crippen molar-refractivity contribution in [2.24, 2.45) is 0 Å². The van der Waals surface area contributed by atoms with E-state index < -0.39 is 11.9 Å². The highest BCUT2D eigenvalue weighted by Gasteiger charge is 2.29. The molecule has 1 fully saturated rings. The molecule has 0 aliphatic carbocycles. The Morgan fingerprint density at radius 1 is 1.52 bits per heavy atom. The number of aromatic nitrogens is 2. The average molecular weight is 292 g/mol. The van der Waals surface area contributed by atoms with Crippen molar-refractivity contribution in [3.63, 3.8) is 0 Å². The highest BCUT2D eigenvalue weighted by atomic mass is 16.2. The predicted molar refractivity (Wildman–Crippen MR) is 75.6 cm³/mol. The number of nitrogens with zero attached hydrogens (tertiary/aromatic N) is 2. The third-order valence-corrected chi connectivity index (χ3v) is 3.47. The minimum Gasteiger partial charge on any atom is -0.339 e. The fraction of sp³-hybridized carbons (Fsp3) is 0.571. The van der Waals surface area contributed by atoms with E-state index in [4.69, 9.17) is 0 Å². The van der Waals surface area contributed by atoms with Crippen LogP contribution in [0.15, 0.2) is 6.07 Å². The lowest BCUT2D eigenvalue weighted by Gasteiger charge is -2.21. The number of piperidine rings is 1. The van der Waals surface area contributed by atoms with Crippen LogP contribution in [0.25, 0.3) is 0 Å². The summed E-state index contributed by atoms with van der Waals surface area (Å²) >= 11 is 0. The molecule has 1 aliphatic rings. The van der Waals surface area contributed by atoms with Crippen LogP contribution in [0, 0.1) is 0 Å². The molecule has 7 nitrogen and oxygen atoms in total. The number of nitrogens with one attached hydrogen (secondary N) is 2. The SMILES string of the molecule is CCn1nc(C(C)C)cc1C(=O)NC1CCC(=O)NC1=O. The molecule has 7 heteroatoms. The van der Waals surface area contributed by atoms with Gasteiger partial charge < -0.3 is 5.32 Å². The van der Waals surface area contributed by atoms with Crippen molar-refractivity contribution >= 4 is 17.7 Å². The molecule has 114 valence electrons. The number of carbonyl (C=O) groups is 3. The zero-order valence-electron chi connectivity index (χ0n) is 12.5. The number of rotatable bonds is 4. The number of imide groups is 1. The number of hydrogen-bond donors (Lipinski definition) is 2. The quantitative estimate of drug-likeness (QED) is 0.793. The van der Waals surface area contributed by atoms with Crippen molar-refractivity contribution in [1.82, 2.24) is 20.4 Å². The first-order valence-corrected chi connectivity index (χ1v) is 7.14. The average Bonchev–Trinajstić information content (AvgIpc) is 2.86. The first-order valence-electron chi connectivity index (χ1n) is 7.14. The van der Waals surface area contributed by atoms with Crippen LogP contribution in [-0.2, 0) is 16.1 Å². The van der Waals surface area contributed by atoms with Gasteiger partial charge in [-0.05, 0) is 25.3 Å². The van der Waals surface area contributed by atoms with Gasteiger partial charge in [-0.15, -0.1) is 0 Å². The Balaban J connectivity index is 2.13. The highest BCUT2D eigenvalue weighted by molar-refractivity contribution is 6.03. The second-order valence-electron chi connectivity index (χ2n) is 5.40. The summed E-state index contributed by atoms with van der Waals surface area (Å²) in [4.78, 5) is 35.1. The molecule has 1 aromatic rings. The van der Waals surface area contributed by atoms with Crippen molar-refractivity contribution in [1.29, 1.82) is 0 Å². The van der Waals surface area contributed by atoms with Gasteiger partial charge in [0.25, 0.3) is 5.91 Å². The van der Waals surface area contributed by atoms with E-state index in [1.54, 1.807) is 10.7 Å². The van der Waals surface area contributed by atoms with E-state index >= 15 is 0 Å². The van der Waals surface area contributed by atoms with Gasteiger partial charge in [0.15, 0.2) is 0 Å². The van der Waals surface area contributed by atoms with E-state index in [1.165, 1.54) is 0 Å². The molecule has 0 saturated carbocycles. The topological polar surface area (TPSA) is 93.1 Å². The minimum absolute atomic E-state index is 0.222. The zero-order valence-corrected chi connectivity index (χ0v) is 12.5. The Hall–Kier alpha value is -2.18. The molecule has 2 N–H and O–H groups in total. The van der Waals surface area contributed by atoms with Gasteiger partial charge in [0, 0.05) is 13.0 Å². The molecule has 1 aliphatic heterocycles. The largest absolute Gasteiger partial charge is 0.339 e. The van der Waals surface area contributed by atoms with Gasteiger partial charge in [-0.1, -0.05) is 13.8 Å². The Morgan fingerprint density at radius 2 is 2.24 bits per heavy atom.